The van der Waals surface area contributed by atoms with E-state index in [1.807, 2.05) is 0 Å². The van der Waals surface area contributed by atoms with Crippen molar-refractivity contribution in [1.29, 1.82) is 0 Å². The van der Waals surface area contributed by atoms with E-state index < -0.39 is 7.92 Å². The molecule has 0 radical (unpaired) electrons. The van der Waals surface area contributed by atoms with Gasteiger partial charge in [-0.05, 0) is 36.3 Å². The van der Waals surface area contributed by atoms with Crippen LogP contribution in [0.25, 0.3) is 0 Å². The van der Waals surface area contributed by atoms with Crippen molar-refractivity contribution in [3.05, 3.63) is 90.5 Å². The fourth-order valence-corrected chi connectivity index (χ4v) is 4.85. The highest BCUT2D eigenvalue weighted by Crippen LogP contribution is 2.33. The van der Waals surface area contributed by atoms with Crippen LogP contribution in [0.15, 0.2) is 84.9 Å². The molecule has 106 valence electrons. The molecule has 0 aromatic heterocycles. The van der Waals surface area contributed by atoms with Crippen molar-refractivity contribution < 1.29 is 0 Å². The SMILES string of the molecule is Cc1ccccc1P(c1ccccc1)c1ccccc1.Cl. The van der Waals surface area contributed by atoms with Gasteiger partial charge in [-0.15, -0.1) is 12.4 Å². The minimum Gasteiger partial charge on any atom is -0.147 e. The lowest BCUT2D eigenvalue weighted by Gasteiger charge is -2.21. The first kappa shape index (κ1) is 15.8. The normalized spacial score (nSPS) is 10.2. The summed E-state index contributed by atoms with van der Waals surface area (Å²) in [5, 5.41) is 4.26. The van der Waals surface area contributed by atoms with E-state index in [4.69, 9.17) is 0 Å². The van der Waals surface area contributed by atoms with Crippen molar-refractivity contribution in [2.45, 2.75) is 6.92 Å². The van der Waals surface area contributed by atoms with Gasteiger partial charge in [0.2, 0.25) is 0 Å². The highest BCUT2D eigenvalue weighted by molar-refractivity contribution is 7.79. The maximum Gasteiger partial charge on any atom is -0.0122 e. The van der Waals surface area contributed by atoms with Gasteiger partial charge in [0.15, 0.2) is 0 Å². The van der Waals surface area contributed by atoms with E-state index in [9.17, 15) is 0 Å². The second-order valence-corrected chi connectivity index (χ2v) is 6.98. The molecule has 21 heavy (non-hydrogen) atoms. The molecule has 0 heterocycles. The Labute approximate surface area is 134 Å². The smallest absolute Gasteiger partial charge is 0.0122 e. The van der Waals surface area contributed by atoms with Crippen molar-refractivity contribution in [3.63, 3.8) is 0 Å². The molecule has 0 saturated heterocycles. The molecule has 3 rings (SSSR count). The first-order chi connectivity index (χ1) is 9.86. The van der Waals surface area contributed by atoms with Gasteiger partial charge in [0.1, 0.15) is 0 Å². The topological polar surface area (TPSA) is 0 Å². The largest absolute Gasteiger partial charge is 0.147 e. The average molecular weight is 313 g/mol. The van der Waals surface area contributed by atoms with Gasteiger partial charge in [0.25, 0.3) is 0 Å². The van der Waals surface area contributed by atoms with Gasteiger partial charge >= 0.3 is 0 Å². The molecule has 0 aliphatic rings. The minimum atomic E-state index is -0.467. The molecule has 3 aromatic carbocycles. The van der Waals surface area contributed by atoms with E-state index in [1.165, 1.54) is 21.5 Å². The average Bonchev–Trinajstić information content (AvgIpc) is 2.52. The number of hydrogen-bond donors (Lipinski definition) is 0. The van der Waals surface area contributed by atoms with Gasteiger partial charge in [0.05, 0.1) is 0 Å². The fourth-order valence-electron chi connectivity index (χ4n) is 2.40. The predicted molar refractivity (Wildman–Crippen MR) is 97.1 cm³/mol. The predicted octanol–water partition coefficient (Wildman–Crippen LogP) is 4.18. The van der Waals surface area contributed by atoms with Gasteiger partial charge in [-0.25, -0.2) is 0 Å². The minimum absolute atomic E-state index is 0. The molecule has 0 N–H and O–H groups in total. The first-order valence-corrected chi connectivity index (χ1v) is 8.16. The van der Waals surface area contributed by atoms with Crippen LogP contribution in [0.5, 0.6) is 0 Å². The summed E-state index contributed by atoms with van der Waals surface area (Å²) in [6, 6.07) is 30.4. The van der Waals surface area contributed by atoms with Crippen molar-refractivity contribution in [2.75, 3.05) is 0 Å². The fraction of sp³-hybridized carbons (Fsp3) is 0.0526. The van der Waals surface area contributed by atoms with Crippen LogP contribution in [0.1, 0.15) is 5.56 Å². The Kier molecular flexibility index (Phi) is 5.56. The highest BCUT2D eigenvalue weighted by atomic mass is 35.5. The second kappa shape index (κ2) is 7.41. The molecular weight excluding hydrogens is 295 g/mol. The summed E-state index contributed by atoms with van der Waals surface area (Å²) < 4.78 is 0. The molecule has 0 spiro atoms. The van der Waals surface area contributed by atoms with Crippen LogP contribution in [-0.4, -0.2) is 0 Å². The van der Waals surface area contributed by atoms with E-state index >= 15 is 0 Å². The summed E-state index contributed by atoms with van der Waals surface area (Å²) >= 11 is 0. The van der Waals surface area contributed by atoms with Gasteiger partial charge in [-0.1, -0.05) is 84.9 Å². The standard InChI is InChI=1S/C19H17P.ClH/c1-16-10-8-9-15-19(16)20(17-11-4-2-5-12-17)18-13-6-3-7-14-18;/h2-15H,1H3;1H. The van der Waals surface area contributed by atoms with Gasteiger partial charge in [-0.2, -0.15) is 0 Å². The van der Waals surface area contributed by atoms with Gasteiger partial charge in [0, 0.05) is 0 Å². The van der Waals surface area contributed by atoms with E-state index in [-0.39, 0.29) is 12.4 Å². The molecular formula is C19H18ClP. The molecule has 0 unspecified atom stereocenters. The third-order valence-corrected chi connectivity index (χ3v) is 6.00. The maximum atomic E-state index is 2.26. The summed E-state index contributed by atoms with van der Waals surface area (Å²) in [7, 11) is -0.467. The van der Waals surface area contributed by atoms with Crippen LogP contribution < -0.4 is 15.9 Å². The van der Waals surface area contributed by atoms with Crippen molar-refractivity contribution in [3.8, 4) is 0 Å². The third kappa shape index (κ3) is 3.53. The van der Waals surface area contributed by atoms with Gasteiger partial charge < -0.3 is 0 Å². The molecule has 0 nitrogen and oxygen atoms in total. The molecule has 3 aromatic rings. The molecule has 0 bridgehead atoms. The second-order valence-electron chi connectivity index (χ2n) is 4.79. The lowest BCUT2D eigenvalue weighted by Crippen LogP contribution is -2.22. The van der Waals surface area contributed by atoms with Crippen LogP contribution >= 0.6 is 20.3 Å². The van der Waals surface area contributed by atoms with Crippen molar-refractivity contribution in [1.82, 2.24) is 0 Å². The third-order valence-electron chi connectivity index (χ3n) is 3.39. The van der Waals surface area contributed by atoms with Crippen molar-refractivity contribution in [2.24, 2.45) is 0 Å². The zero-order chi connectivity index (χ0) is 13.8. The molecule has 0 aliphatic heterocycles. The number of aryl methyl sites for hydroxylation is 1. The van der Waals surface area contributed by atoms with Gasteiger partial charge in [-0.3, -0.25) is 0 Å². The lowest BCUT2D eigenvalue weighted by molar-refractivity contribution is 1.52. The Balaban J connectivity index is 0.00000161. The van der Waals surface area contributed by atoms with Crippen LogP contribution in [0, 0.1) is 6.92 Å². The maximum absolute atomic E-state index is 2.26. The Hall–Kier alpha value is -1.62. The highest BCUT2D eigenvalue weighted by Gasteiger charge is 2.17. The zero-order valence-corrected chi connectivity index (χ0v) is 13.6. The van der Waals surface area contributed by atoms with E-state index in [0.717, 1.165) is 0 Å². The number of hydrogen-bond acceptors (Lipinski definition) is 0. The Morgan fingerprint density at radius 2 is 1.00 bits per heavy atom. The van der Waals surface area contributed by atoms with Crippen LogP contribution in [0.2, 0.25) is 0 Å². The van der Waals surface area contributed by atoms with E-state index in [1.54, 1.807) is 0 Å². The number of halogens is 1. The summed E-state index contributed by atoms with van der Waals surface area (Å²) in [5.74, 6) is 0. The molecule has 0 amide bonds. The monoisotopic (exact) mass is 312 g/mol. The Bertz CT molecular complexity index is 641. The zero-order valence-electron chi connectivity index (χ0n) is 11.9. The number of rotatable bonds is 3. The molecule has 0 atom stereocenters. The molecule has 0 fully saturated rings. The van der Waals surface area contributed by atoms with Crippen LogP contribution in [0.4, 0.5) is 0 Å². The van der Waals surface area contributed by atoms with E-state index in [0.29, 0.717) is 0 Å². The molecule has 0 aliphatic carbocycles. The Morgan fingerprint density at radius 1 is 0.571 bits per heavy atom. The summed E-state index contributed by atoms with van der Waals surface area (Å²) in [4.78, 5) is 0. The van der Waals surface area contributed by atoms with E-state index in [2.05, 4.69) is 91.9 Å². The Morgan fingerprint density at radius 3 is 1.48 bits per heavy atom. The van der Waals surface area contributed by atoms with Crippen LogP contribution in [0.3, 0.4) is 0 Å². The summed E-state index contributed by atoms with van der Waals surface area (Å²) in [6.07, 6.45) is 0. The summed E-state index contributed by atoms with van der Waals surface area (Å²) in [6.45, 7) is 2.20. The summed E-state index contributed by atoms with van der Waals surface area (Å²) in [5.41, 5.74) is 1.37. The number of benzene rings is 3. The van der Waals surface area contributed by atoms with Crippen LogP contribution in [-0.2, 0) is 0 Å². The quantitative estimate of drug-likeness (QED) is 0.637. The van der Waals surface area contributed by atoms with Crippen molar-refractivity contribution >= 4 is 36.2 Å². The first-order valence-electron chi connectivity index (χ1n) is 6.82. The molecule has 0 saturated carbocycles. The lowest BCUT2D eigenvalue weighted by atomic mass is 10.2. The molecule has 2 heteroatoms.